The van der Waals surface area contributed by atoms with E-state index in [1.165, 1.54) is 4.90 Å². The van der Waals surface area contributed by atoms with Crippen LogP contribution in [0.4, 0.5) is 0 Å². The van der Waals surface area contributed by atoms with Gasteiger partial charge in [-0.2, -0.15) is 0 Å². The topological polar surface area (TPSA) is 75.4 Å². The third-order valence-electron chi connectivity index (χ3n) is 2.82. The monoisotopic (exact) mass is 259 g/mol. The van der Waals surface area contributed by atoms with Crippen LogP contribution in [0, 0.1) is 5.41 Å². The summed E-state index contributed by atoms with van der Waals surface area (Å²) in [6.45, 7) is 5.93. The molecule has 0 fully saturated rings. The Kier molecular flexibility index (Phi) is 6.09. The summed E-state index contributed by atoms with van der Waals surface area (Å²) < 4.78 is 0. The van der Waals surface area contributed by atoms with Gasteiger partial charge < -0.3 is 16.0 Å². The van der Waals surface area contributed by atoms with Crippen molar-refractivity contribution in [2.75, 3.05) is 20.1 Å². The number of carbonyl (C=O) groups excluding carboxylic acids is 2. The Morgan fingerprint density at radius 2 is 1.94 bits per heavy atom. The quantitative estimate of drug-likeness (QED) is 0.672. The minimum atomic E-state index is -0.878. The summed E-state index contributed by atoms with van der Waals surface area (Å²) in [5.74, 6) is -0.413. The van der Waals surface area contributed by atoms with Crippen LogP contribution in [-0.4, -0.2) is 41.8 Å². The standard InChI is InChI=1S/C11H21N3O2S/c1-5-11(3,9(12)17)10(16)14(4)7-8(15)13-6-2/h5-7H2,1-4H3,(H2,12,17)(H,13,15). The van der Waals surface area contributed by atoms with E-state index in [4.69, 9.17) is 18.0 Å². The molecule has 17 heavy (non-hydrogen) atoms. The minimum absolute atomic E-state index is 0.0187. The highest BCUT2D eigenvalue weighted by Gasteiger charge is 2.37. The summed E-state index contributed by atoms with van der Waals surface area (Å²) in [6.07, 6.45) is 0.515. The Bertz CT molecular complexity index is 320. The van der Waals surface area contributed by atoms with E-state index in [1.807, 2.05) is 13.8 Å². The fourth-order valence-electron chi connectivity index (χ4n) is 1.39. The molecule has 0 aliphatic rings. The van der Waals surface area contributed by atoms with Crippen molar-refractivity contribution in [3.8, 4) is 0 Å². The van der Waals surface area contributed by atoms with Gasteiger partial charge in [0.15, 0.2) is 0 Å². The first-order valence-electron chi connectivity index (χ1n) is 5.61. The van der Waals surface area contributed by atoms with Crippen LogP contribution in [-0.2, 0) is 9.59 Å². The number of thiocarbonyl (C=S) groups is 1. The minimum Gasteiger partial charge on any atom is -0.392 e. The first kappa shape index (κ1) is 15.8. The zero-order chi connectivity index (χ0) is 13.6. The molecule has 0 saturated heterocycles. The highest BCUT2D eigenvalue weighted by atomic mass is 32.1. The summed E-state index contributed by atoms with van der Waals surface area (Å²) in [4.78, 5) is 25.0. The van der Waals surface area contributed by atoms with Crippen LogP contribution in [0.25, 0.3) is 0 Å². The lowest BCUT2D eigenvalue weighted by molar-refractivity contribution is -0.139. The molecule has 6 heteroatoms. The lowest BCUT2D eigenvalue weighted by Crippen LogP contribution is -2.49. The van der Waals surface area contributed by atoms with E-state index in [9.17, 15) is 9.59 Å². The molecule has 0 aromatic carbocycles. The van der Waals surface area contributed by atoms with E-state index in [-0.39, 0.29) is 23.3 Å². The Labute approximate surface area is 108 Å². The van der Waals surface area contributed by atoms with Crippen LogP contribution in [0.15, 0.2) is 0 Å². The number of hydrogen-bond acceptors (Lipinski definition) is 3. The fourth-order valence-corrected chi connectivity index (χ4v) is 1.62. The normalized spacial score (nSPS) is 13.6. The van der Waals surface area contributed by atoms with E-state index in [2.05, 4.69) is 5.32 Å². The van der Waals surface area contributed by atoms with Gasteiger partial charge in [-0.1, -0.05) is 19.1 Å². The van der Waals surface area contributed by atoms with Gasteiger partial charge in [0.25, 0.3) is 0 Å². The molecule has 98 valence electrons. The third kappa shape index (κ3) is 3.96. The molecule has 0 aliphatic heterocycles. The van der Waals surface area contributed by atoms with Crippen LogP contribution in [0.2, 0.25) is 0 Å². The Hall–Kier alpha value is -1.17. The maximum Gasteiger partial charge on any atom is 0.239 e. The summed E-state index contributed by atoms with van der Waals surface area (Å²) in [6, 6.07) is 0. The average molecular weight is 259 g/mol. The number of likely N-dealkylation sites (N-methyl/N-ethyl adjacent to an activating group) is 2. The van der Waals surface area contributed by atoms with E-state index in [1.54, 1.807) is 14.0 Å². The zero-order valence-corrected chi connectivity index (χ0v) is 11.7. The molecule has 0 aliphatic carbocycles. The molecule has 0 heterocycles. The zero-order valence-electron chi connectivity index (χ0n) is 10.9. The molecule has 0 aromatic heterocycles. The molecule has 0 spiro atoms. The fraction of sp³-hybridized carbons (Fsp3) is 0.727. The number of amides is 2. The average Bonchev–Trinajstić information content (AvgIpc) is 2.26. The molecule has 0 bridgehead atoms. The van der Waals surface area contributed by atoms with Gasteiger partial charge in [-0.3, -0.25) is 9.59 Å². The number of carbonyl (C=O) groups is 2. The van der Waals surface area contributed by atoms with Crippen LogP contribution < -0.4 is 11.1 Å². The van der Waals surface area contributed by atoms with Crippen molar-refractivity contribution in [1.29, 1.82) is 0 Å². The van der Waals surface area contributed by atoms with Crippen LogP contribution in [0.5, 0.6) is 0 Å². The lowest BCUT2D eigenvalue weighted by Gasteiger charge is -2.30. The first-order valence-corrected chi connectivity index (χ1v) is 6.02. The van der Waals surface area contributed by atoms with Crippen LogP contribution in [0.3, 0.4) is 0 Å². The number of nitrogens with two attached hydrogens (primary N) is 1. The summed E-state index contributed by atoms with van der Waals surface area (Å²) >= 11 is 4.92. The number of nitrogens with one attached hydrogen (secondary N) is 1. The van der Waals surface area contributed by atoms with Crippen LogP contribution in [0.1, 0.15) is 27.2 Å². The van der Waals surface area contributed by atoms with Crippen molar-refractivity contribution < 1.29 is 9.59 Å². The predicted octanol–water partition coefficient (Wildman–Crippen LogP) is 0.283. The van der Waals surface area contributed by atoms with Gasteiger partial charge in [-0.05, 0) is 20.3 Å². The van der Waals surface area contributed by atoms with Crippen molar-refractivity contribution in [2.45, 2.75) is 27.2 Å². The second-order valence-electron chi connectivity index (χ2n) is 4.16. The van der Waals surface area contributed by atoms with Crippen molar-refractivity contribution in [3.05, 3.63) is 0 Å². The third-order valence-corrected chi connectivity index (χ3v) is 3.27. The van der Waals surface area contributed by atoms with Crippen molar-refractivity contribution in [1.82, 2.24) is 10.2 Å². The maximum absolute atomic E-state index is 12.2. The smallest absolute Gasteiger partial charge is 0.239 e. The number of hydrogen-bond donors (Lipinski definition) is 2. The van der Waals surface area contributed by atoms with Crippen LogP contribution >= 0.6 is 12.2 Å². The maximum atomic E-state index is 12.2. The summed E-state index contributed by atoms with van der Waals surface area (Å²) in [5, 5.41) is 2.63. The Balaban J connectivity index is 4.69. The highest BCUT2D eigenvalue weighted by Crippen LogP contribution is 2.24. The largest absolute Gasteiger partial charge is 0.392 e. The number of nitrogens with zero attached hydrogens (tertiary/aromatic N) is 1. The van der Waals surface area contributed by atoms with E-state index in [0.29, 0.717) is 13.0 Å². The van der Waals surface area contributed by atoms with Crippen molar-refractivity contribution in [3.63, 3.8) is 0 Å². The van der Waals surface area contributed by atoms with Gasteiger partial charge in [-0.25, -0.2) is 0 Å². The Morgan fingerprint density at radius 3 is 2.29 bits per heavy atom. The van der Waals surface area contributed by atoms with Gasteiger partial charge in [0.1, 0.15) is 0 Å². The van der Waals surface area contributed by atoms with Crippen molar-refractivity contribution >= 4 is 29.0 Å². The van der Waals surface area contributed by atoms with Gasteiger partial charge in [0.2, 0.25) is 11.8 Å². The second kappa shape index (κ2) is 6.54. The van der Waals surface area contributed by atoms with Gasteiger partial charge in [-0.15, -0.1) is 0 Å². The molecule has 3 N–H and O–H groups in total. The predicted molar refractivity (Wildman–Crippen MR) is 71.5 cm³/mol. The van der Waals surface area contributed by atoms with Gasteiger partial charge >= 0.3 is 0 Å². The molecule has 1 unspecified atom stereocenters. The van der Waals surface area contributed by atoms with E-state index in [0.717, 1.165) is 0 Å². The molecule has 0 radical (unpaired) electrons. The SMILES string of the molecule is CCNC(=O)CN(C)C(=O)C(C)(CC)C(N)=S. The molecule has 1 atom stereocenters. The van der Waals surface area contributed by atoms with Crippen molar-refractivity contribution in [2.24, 2.45) is 11.1 Å². The molecular formula is C11H21N3O2S. The molecule has 5 nitrogen and oxygen atoms in total. The second-order valence-corrected chi connectivity index (χ2v) is 4.60. The summed E-state index contributed by atoms with van der Waals surface area (Å²) in [7, 11) is 1.57. The van der Waals surface area contributed by atoms with Gasteiger partial charge in [0.05, 0.1) is 16.9 Å². The van der Waals surface area contributed by atoms with E-state index < -0.39 is 5.41 Å². The molecule has 0 saturated carbocycles. The van der Waals surface area contributed by atoms with E-state index >= 15 is 0 Å². The molecule has 2 amide bonds. The number of rotatable bonds is 6. The molecular weight excluding hydrogens is 238 g/mol. The summed E-state index contributed by atoms with van der Waals surface area (Å²) in [5.41, 5.74) is 4.71. The first-order chi connectivity index (χ1) is 7.79. The Morgan fingerprint density at radius 1 is 1.41 bits per heavy atom. The molecule has 0 rings (SSSR count). The lowest BCUT2D eigenvalue weighted by atomic mass is 9.86. The molecule has 0 aromatic rings. The van der Waals surface area contributed by atoms with Gasteiger partial charge in [0, 0.05) is 13.6 Å². The highest BCUT2D eigenvalue weighted by molar-refractivity contribution is 7.80.